The molecule has 2 aromatic carbocycles. The third-order valence-electron chi connectivity index (χ3n) is 14.4. The Morgan fingerprint density at radius 1 is 0.800 bits per heavy atom. The Morgan fingerprint density at radius 2 is 1.58 bits per heavy atom. The number of piperazine rings is 2. The van der Waals surface area contributed by atoms with Gasteiger partial charge in [0.15, 0.2) is 0 Å². The number of imide groups is 1. The van der Waals surface area contributed by atoms with Crippen LogP contribution in [0.5, 0.6) is 0 Å². The quantitative estimate of drug-likeness (QED) is 0.170. The van der Waals surface area contributed by atoms with Crippen LogP contribution in [0.25, 0.3) is 0 Å². The number of ether oxygens (including phenoxy) is 1. The highest BCUT2D eigenvalue weighted by Crippen LogP contribution is 2.36. The highest BCUT2D eigenvalue weighted by Gasteiger charge is 2.43. The number of rotatable bonds is 13. The van der Waals surface area contributed by atoms with Crippen LogP contribution in [0.3, 0.4) is 0 Å². The maximum absolute atomic E-state index is 15.7. The lowest BCUT2D eigenvalue weighted by Crippen LogP contribution is -2.66. The van der Waals surface area contributed by atoms with Gasteiger partial charge in [-0.2, -0.15) is 0 Å². The minimum atomic E-state index is -0.634. The maximum Gasteiger partial charge on any atom is 0.255 e. The third-order valence-corrected chi connectivity index (χ3v) is 14.4. The van der Waals surface area contributed by atoms with E-state index in [2.05, 4.69) is 59.4 Å². The fourth-order valence-electron chi connectivity index (χ4n) is 10.3. The minimum Gasteiger partial charge on any atom is -0.378 e. The molecule has 0 saturated carbocycles. The molecule has 348 valence electrons. The number of halogens is 2. The third kappa shape index (κ3) is 10.0. The van der Waals surface area contributed by atoms with Crippen molar-refractivity contribution in [1.29, 1.82) is 0 Å². The largest absolute Gasteiger partial charge is 0.378 e. The molecule has 3 N–H and O–H groups in total. The zero-order chi connectivity index (χ0) is 45.3. The Balaban J connectivity index is 0.695. The van der Waals surface area contributed by atoms with Gasteiger partial charge in [0, 0.05) is 113 Å². The zero-order valence-electron chi connectivity index (χ0n) is 37.6. The molecular weight excluding hydrogens is 837 g/mol. The number of carbonyl (C=O) groups excluding carboxylic acids is 4. The smallest absolute Gasteiger partial charge is 0.255 e. The minimum absolute atomic E-state index is 0.0255. The Hall–Kier alpha value is -5.46. The number of likely N-dealkylation sites (tertiary alicyclic amines) is 1. The average molecular weight is 898 g/mol. The van der Waals surface area contributed by atoms with Gasteiger partial charge in [-0.05, 0) is 68.8 Å². The van der Waals surface area contributed by atoms with E-state index in [1.165, 1.54) is 18.5 Å². The topological polar surface area (TPSA) is 159 Å². The molecule has 4 amide bonds. The van der Waals surface area contributed by atoms with Crippen molar-refractivity contribution in [2.75, 3.05) is 112 Å². The molecule has 65 heavy (non-hydrogen) atoms. The summed E-state index contributed by atoms with van der Waals surface area (Å²) in [5.74, 6) is -0.537. The van der Waals surface area contributed by atoms with E-state index in [4.69, 9.17) is 4.74 Å². The van der Waals surface area contributed by atoms with Crippen molar-refractivity contribution >= 4 is 46.6 Å². The molecule has 0 aliphatic carbocycles. The van der Waals surface area contributed by atoms with Crippen molar-refractivity contribution < 1.29 is 32.7 Å². The second-order valence-corrected chi connectivity index (χ2v) is 19.3. The van der Waals surface area contributed by atoms with Crippen LogP contribution in [0.4, 0.5) is 31.8 Å². The number of benzene rings is 2. The van der Waals surface area contributed by atoms with Gasteiger partial charge in [-0.15, -0.1) is 0 Å². The van der Waals surface area contributed by atoms with Crippen LogP contribution in [0.2, 0.25) is 0 Å². The van der Waals surface area contributed by atoms with Gasteiger partial charge in [0.1, 0.15) is 35.6 Å². The predicted octanol–water partition coefficient (Wildman–Crippen LogP) is 3.36. The number of aromatic nitrogens is 2. The van der Waals surface area contributed by atoms with Crippen LogP contribution >= 0.6 is 0 Å². The van der Waals surface area contributed by atoms with Gasteiger partial charge < -0.3 is 35.0 Å². The van der Waals surface area contributed by atoms with Crippen molar-refractivity contribution in [3.05, 3.63) is 71.1 Å². The Labute approximate surface area is 379 Å². The number of fused-ring (bicyclic) bond motifs is 1. The summed E-state index contributed by atoms with van der Waals surface area (Å²) in [5, 5.41) is 8.91. The SMILES string of the molecule is CC1(C)CCN(Cc2cc(F)c(N3CC(=O)NC4(CCN(c5cc(NCCOCCN6CCN(c7cccc8c7CN(C7CCC(=O)NC7=O)C8=O)CC6)ncn5)CC4)C3)cc2F)CC1. The lowest BCUT2D eigenvalue weighted by Gasteiger charge is -2.48. The summed E-state index contributed by atoms with van der Waals surface area (Å²) >= 11 is 0. The molecule has 6 aliphatic rings. The Kier molecular flexibility index (Phi) is 12.9. The lowest BCUT2D eigenvalue weighted by molar-refractivity contribution is -0.137. The van der Waals surface area contributed by atoms with Crippen LogP contribution in [0, 0.1) is 17.0 Å². The van der Waals surface area contributed by atoms with Crippen LogP contribution in [0.15, 0.2) is 42.7 Å². The number of hydrogen-bond acceptors (Lipinski definition) is 13. The van der Waals surface area contributed by atoms with E-state index in [0.29, 0.717) is 88.7 Å². The number of nitrogens with zero attached hydrogens (tertiary/aromatic N) is 8. The Bertz CT molecular complexity index is 2270. The van der Waals surface area contributed by atoms with E-state index in [1.807, 2.05) is 24.3 Å². The van der Waals surface area contributed by atoms with Crippen molar-refractivity contribution in [2.45, 2.75) is 77.0 Å². The molecule has 1 atom stereocenters. The van der Waals surface area contributed by atoms with E-state index in [1.54, 1.807) is 9.80 Å². The summed E-state index contributed by atoms with van der Waals surface area (Å²) in [6, 6.07) is 9.64. The van der Waals surface area contributed by atoms with E-state index in [9.17, 15) is 19.2 Å². The van der Waals surface area contributed by atoms with Gasteiger partial charge in [-0.3, -0.25) is 34.3 Å². The molecule has 16 nitrogen and oxygen atoms in total. The summed E-state index contributed by atoms with van der Waals surface area (Å²) in [6.07, 6.45) is 5.40. The highest BCUT2D eigenvalue weighted by atomic mass is 19.1. The number of hydrogen-bond donors (Lipinski definition) is 3. The molecule has 18 heteroatoms. The second-order valence-electron chi connectivity index (χ2n) is 19.3. The molecular formula is C47H61F2N11O5. The zero-order valence-corrected chi connectivity index (χ0v) is 37.6. The van der Waals surface area contributed by atoms with E-state index in [-0.39, 0.29) is 41.8 Å². The van der Waals surface area contributed by atoms with Crippen molar-refractivity contribution in [3.8, 4) is 0 Å². The van der Waals surface area contributed by atoms with Crippen LogP contribution in [-0.2, 0) is 32.2 Å². The fourth-order valence-corrected chi connectivity index (χ4v) is 10.3. The number of carbonyl (C=O) groups is 4. The Morgan fingerprint density at radius 3 is 2.35 bits per heavy atom. The fraction of sp³-hybridized carbons (Fsp3) is 0.574. The molecule has 0 radical (unpaired) electrons. The van der Waals surface area contributed by atoms with Gasteiger partial charge in [0.25, 0.3) is 5.91 Å². The number of piperidine rings is 3. The predicted molar refractivity (Wildman–Crippen MR) is 242 cm³/mol. The molecule has 5 saturated heterocycles. The van der Waals surface area contributed by atoms with E-state index < -0.39 is 29.1 Å². The first kappa shape index (κ1) is 44.7. The maximum atomic E-state index is 15.7. The normalized spacial score (nSPS) is 22.6. The summed E-state index contributed by atoms with van der Waals surface area (Å²) in [6.45, 7) is 14.3. The van der Waals surface area contributed by atoms with Crippen LogP contribution in [0.1, 0.15) is 73.9 Å². The van der Waals surface area contributed by atoms with Crippen molar-refractivity contribution in [2.24, 2.45) is 5.41 Å². The second kappa shape index (κ2) is 18.8. The first-order valence-electron chi connectivity index (χ1n) is 23.2. The monoisotopic (exact) mass is 897 g/mol. The van der Waals surface area contributed by atoms with E-state index >= 15 is 8.78 Å². The summed E-state index contributed by atoms with van der Waals surface area (Å²) < 4.78 is 37.1. The number of anilines is 4. The number of amides is 4. The highest BCUT2D eigenvalue weighted by molar-refractivity contribution is 6.06. The van der Waals surface area contributed by atoms with Crippen molar-refractivity contribution in [1.82, 2.24) is 35.3 Å². The summed E-state index contributed by atoms with van der Waals surface area (Å²) in [4.78, 5) is 71.9. The van der Waals surface area contributed by atoms with Gasteiger partial charge in [-0.1, -0.05) is 19.9 Å². The average Bonchev–Trinajstić information content (AvgIpc) is 3.62. The molecule has 1 spiro atoms. The van der Waals surface area contributed by atoms with Crippen LogP contribution in [-0.4, -0.2) is 152 Å². The molecule has 9 rings (SSSR count). The van der Waals surface area contributed by atoms with Gasteiger partial charge in [0.05, 0.1) is 31.0 Å². The molecule has 7 heterocycles. The first-order valence-corrected chi connectivity index (χ1v) is 23.2. The summed E-state index contributed by atoms with van der Waals surface area (Å²) in [7, 11) is 0. The van der Waals surface area contributed by atoms with Gasteiger partial charge >= 0.3 is 0 Å². The van der Waals surface area contributed by atoms with Gasteiger partial charge in [0.2, 0.25) is 17.7 Å². The van der Waals surface area contributed by atoms with Crippen LogP contribution < -0.4 is 30.7 Å². The standard InChI is InChI=1S/C47H61F2N11O5/c1-46(2)8-13-56(14-9-46)27-32-24-36(49)39(25-35(32)48)59-29-43(62)54-47(30-59)10-15-58(16-11-47)41-26-40(51-31-52-41)50-12-22-65-23-21-55-17-19-57(20-18-55)37-5-3-4-33-34(37)28-60(45(33)64)38-6-7-42(61)53-44(38)63/h3-5,24-26,31,38H,6-23,27-30H2,1-2H3,(H,54,62)(H,50,51,52)(H,53,61,63). The van der Waals surface area contributed by atoms with E-state index in [0.717, 1.165) is 75.7 Å². The van der Waals surface area contributed by atoms with Crippen molar-refractivity contribution in [3.63, 3.8) is 0 Å². The molecule has 5 fully saturated rings. The molecule has 1 aromatic heterocycles. The number of nitrogens with one attached hydrogen (secondary N) is 3. The van der Waals surface area contributed by atoms with Gasteiger partial charge in [-0.25, -0.2) is 18.7 Å². The first-order chi connectivity index (χ1) is 31.3. The molecule has 1 unspecified atom stereocenters. The lowest BCUT2D eigenvalue weighted by atomic mass is 9.82. The molecule has 6 aliphatic heterocycles. The summed E-state index contributed by atoms with van der Waals surface area (Å²) in [5.41, 5.74) is 2.77. The molecule has 0 bridgehead atoms. The molecule has 3 aromatic rings.